The van der Waals surface area contributed by atoms with Gasteiger partial charge in [-0.1, -0.05) is 11.6 Å². The van der Waals surface area contributed by atoms with Gasteiger partial charge >= 0.3 is 0 Å². The van der Waals surface area contributed by atoms with E-state index in [2.05, 4.69) is 10.6 Å². The van der Waals surface area contributed by atoms with Crippen LogP contribution in [-0.4, -0.2) is 31.6 Å². The summed E-state index contributed by atoms with van der Waals surface area (Å²) in [5.74, 6) is 0.480. The van der Waals surface area contributed by atoms with Crippen molar-refractivity contribution in [3.8, 4) is 5.75 Å². The van der Waals surface area contributed by atoms with Crippen molar-refractivity contribution in [3.05, 3.63) is 28.8 Å². The van der Waals surface area contributed by atoms with Crippen LogP contribution in [0.15, 0.2) is 18.2 Å². The highest BCUT2D eigenvalue weighted by molar-refractivity contribution is 6.31. The molecule has 0 spiro atoms. The van der Waals surface area contributed by atoms with Gasteiger partial charge in [0.1, 0.15) is 5.75 Å². The second-order valence-electron chi connectivity index (χ2n) is 5.56. The first-order valence-corrected chi connectivity index (χ1v) is 7.89. The van der Waals surface area contributed by atoms with Crippen molar-refractivity contribution < 1.29 is 9.53 Å². The lowest BCUT2D eigenvalue weighted by Gasteiger charge is -2.17. The lowest BCUT2D eigenvalue weighted by atomic mass is 10.1. The van der Waals surface area contributed by atoms with Crippen molar-refractivity contribution in [2.75, 3.05) is 13.6 Å². The number of hydrogen-bond acceptors (Lipinski definition) is 3. The van der Waals surface area contributed by atoms with Crippen LogP contribution in [0.25, 0.3) is 0 Å². The van der Waals surface area contributed by atoms with Crippen LogP contribution in [-0.2, 0) is 0 Å². The first kappa shape index (κ1) is 19.1. The van der Waals surface area contributed by atoms with Gasteiger partial charge in [-0.3, -0.25) is 4.79 Å². The maximum absolute atomic E-state index is 12.3. The van der Waals surface area contributed by atoms with Crippen molar-refractivity contribution in [2.24, 2.45) is 0 Å². The average Bonchev–Trinajstić information content (AvgIpc) is 2.99. The van der Waals surface area contributed by atoms with Crippen molar-refractivity contribution in [1.82, 2.24) is 10.6 Å². The van der Waals surface area contributed by atoms with Crippen molar-refractivity contribution >= 4 is 29.9 Å². The third-order valence-corrected chi connectivity index (χ3v) is 4.08. The highest BCUT2D eigenvalue weighted by Gasteiger charge is 2.20. The average molecular weight is 347 g/mol. The first-order valence-electron chi connectivity index (χ1n) is 7.52. The van der Waals surface area contributed by atoms with Gasteiger partial charge in [-0.15, -0.1) is 12.4 Å². The molecule has 1 aromatic carbocycles. The molecule has 0 aromatic heterocycles. The molecule has 2 rings (SSSR count). The monoisotopic (exact) mass is 346 g/mol. The van der Waals surface area contributed by atoms with Crippen LogP contribution in [0.2, 0.25) is 5.02 Å². The highest BCUT2D eigenvalue weighted by Crippen LogP contribution is 2.28. The van der Waals surface area contributed by atoms with E-state index in [0.29, 0.717) is 22.9 Å². The summed E-state index contributed by atoms with van der Waals surface area (Å²) in [6.45, 7) is 2.57. The molecule has 124 valence electrons. The lowest BCUT2D eigenvalue weighted by molar-refractivity contribution is 0.0943. The van der Waals surface area contributed by atoms with Crippen molar-refractivity contribution in [2.45, 2.75) is 44.8 Å². The van der Waals surface area contributed by atoms with Crippen LogP contribution in [0.3, 0.4) is 0 Å². The third kappa shape index (κ3) is 5.34. The Hall–Kier alpha value is -0.970. The fourth-order valence-electron chi connectivity index (χ4n) is 2.41. The van der Waals surface area contributed by atoms with Gasteiger partial charge in [0.15, 0.2) is 0 Å². The molecule has 6 heteroatoms. The molecule has 1 amide bonds. The van der Waals surface area contributed by atoms with E-state index in [1.165, 1.54) is 12.8 Å². The zero-order valence-corrected chi connectivity index (χ0v) is 14.6. The number of carbonyl (C=O) groups excluding carboxylic acids is 1. The molecule has 1 aliphatic carbocycles. The number of benzene rings is 1. The van der Waals surface area contributed by atoms with Crippen molar-refractivity contribution in [1.29, 1.82) is 0 Å². The molecular weight excluding hydrogens is 323 g/mol. The molecular formula is C16H24Cl2N2O2. The Bertz CT molecular complexity index is 491. The molecule has 1 fully saturated rings. The van der Waals surface area contributed by atoms with E-state index in [9.17, 15) is 4.79 Å². The minimum Gasteiger partial charge on any atom is -0.490 e. The molecule has 1 aliphatic rings. The minimum absolute atomic E-state index is 0. The van der Waals surface area contributed by atoms with Gasteiger partial charge in [0.05, 0.1) is 11.7 Å². The SMILES string of the molecule is CNC(C)CNC(=O)c1cc(Cl)ccc1OC1CCCC1.Cl. The maximum atomic E-state index is 12.3. The molecule has 1 aromatic rings. The van der Waals surface area contributed by atoms with Gasteiger partial charge in [-0.25, -0.2) is 0 Å². The van der Waals surface area contributed by atoms with Gasteiger partial charge in [0.2, 0.25) is 0 Å². The Labute approximate surface area is 143 Å². The number of ether oxygens (including phenoxy) is 1. The smallest absolute Gasteiger partial charge is 0.255 e. The lowest BCUT2D eigenvalue weighted by Crippen LogP contribution is -2.37. The molecule has 0 saturated heterocycles. The number of nitrogens with one attached hydrogen (secondary N) is 2. The Morgan fingerprint density at radius 1 is 1.41 bits per heavy atom. The number of halogens is 2. The fourth-order valence-corrected chi connectivity index (χ4v) is 2.58. The largest absolute Gasteiger partial charge is 0.490 e. The van der Waals surface area contributed by atoms with E-state index in [-0.39, 0.29) is 30.5 Å². The second-order valence-corrected chi connectivity index (χ2v) is 6.00. The van der Waals surface area contributed by atoms with Gasteiger partial charge in [0, 0.05) is 17.6 Å². The minimum atomic E-state index is -0.146. The molecule has 22 heavy (non-hydrogen) atoms. The highest BCUT2D eigenvalue weighted by atomic mass is 35.5. The molecule has 1 saturated carbocycles. The van der Waals surface area contributed by atoms with E-state index in [4.69, 9.17) is 16.3 Å². The molecule has 1 atom stereocenters. The van der Waals surface area contributed by atoms with E-state index in [0.717, 1.165) is 12.8 Å². The molecule has 1 unspecified atom stereocenters. The standard InChI is InChI=1S/C16H23ClN2O2.ClH/c1-11(18-2)10-19-16(20)14-9-12(17)7-8-15(14)21-13-5-3-4-6-13;/h7-9,11,13,18H,3-6,10H2,1-2H3,(H,19,20);1H. The Kier molecular flexibility index (Phi) is 8.01. The summed E-state index contributed by atoms with van der Waals surface area (Å²) in [6, 6.07) is 5.44. The third-order valence-electron chi connectivity index (χ3n) is 3.84. The van der Waals surface area contributed by atoms with E-state index in [1.807, 2.05) is 14.0 Å². The number of hydrogen-bond donors (Lipinski definition) is 2. The van der Waals surface area contributed by atoms with Crippen LogP contribution >= 0.6 is 24.0 Å². The number of carbonyl (C=O) groups is 1. The summed E-state index contributed by atoms with van der Waals surface area (Å²) in [6.07, 6.45) is 4.72. The van der Waals surface area contributed by atoms with Gasteiger partial charge in [0.25, 0.3) is 5.91 Å². The second kappa shape index (κ2) is 9.23. The van der Waals surface area contributed by atoms with Crippen LogP contribution in [0.5, 0.6) is 5.75 Å². The fraction of sp³-hybridized carbons (Fsp3) is 0.562. The normalized spacial score (nSPS) is 16.0. The Morgan fingerprint density at radius 3 is 2.73 bits per heavy atom. The number of rotatable bonds is 6. The summed E-state index contributed by atoms with van der Waals surface area (Å²) in [5, 5.41) is 6.53. The zero-order valence-electron chi connectivity index (χ0n) is 13.0. The van der Waals surface area contributed by atoms with Crippen LogP contribution in [0.4, 0.5) is 0 Å². The van der Waals surface area contributed by atoms with Crippen LogP contribution in [0.1, 0.15) is 43.0 Å². The van der Waals surface area contributed by atoms with Gasteiger partial charge in [-0.2, -0.15) is 0 Å². The number of likely N-dealkylation sites (N-methyl/N-ethyl adjacent to an activating group) is 1. The molecule has 4 nitrogen and oxygen atoms in total. The summed E-state index contributed by atoms with van der Waals surface area (Å²) in [7, 11) is 1.87. The predicted octanol–water partition coefficient (Wildman–Crippen LogP) is 3.42. The summed E-state index contributed by atoms with van der Waals surface area (Å²) >= 11 is 6.02. The van der Waals surface area contributed by atoms with Crippen molar-refractivity contribution in [3.63, 3.8) is 0 Å². The van der Waals surface area contributed by atoms with E-state index < -0.39 is 0 Å². The summed E-state index contributed by atoms with van der Waals surface area (Å²) in [4.78, 5) is 12.3. The Morgan fingerprint density at radius 2 is 2.09 bits per heavy atom. The maximum Gasteiger partial charge on any atom is 0.255 e. The molecule has 0 radical (unpaired) electrons. The van der Waals surface area contributed by atoms with Crippen LogP contribution in [0, 0.1) is 0 Å². The quantitative estimate of drug-likeness (QED) is 0.829. The van der Waals surface area contributed by atoms with E-state index in [1.54, 1.807) is 18.2 Å². The van der Waals surface area contributed by atoms with E-state index >= 15 is 0 Å². The molecule has 0 aliphatic heterocycles. The topological polar surface area (TPSA) is 50.4 Å². The molecule has 0 bridgehead atoms. The zero-order chi connectivity index (χ0) is 15.2. The van der Waals surface area contributed by atoms with Gasteiger partial charge < -0.3 is 15.4 Å². The summed E-state index contributed by atoms with van der Waals surface area (Å²) in [5.41, 5.74) is 0.512. The first-order chi connectivity index (χ1) is 10.1. The van der Waals surface area contributed by atoms with Gasteiger partial charge in [-0.05, 0) is 57.9 Å². The predicted molar refractivity (Wildman–Crippen MR) is 92.4 cm³/mol. The number of amides is 1. The molecule has 0 heterocycles. The van der Waals surface area contributed by atoms with Crippen LogP contribution < -0.4 is 15.4 Å². The molecule has 2 N–H and O–H groups in total. The Balaban J connectivity index is 0.00000242. The summed E-state index contributed by atoms with van der Waals surface area (Å²) < 4.78 is 5.98.